The average Bonchev–Trinajstić information content (AvgIpc) is 2.95. The highest BCUT2D eigenvalue weighted by atomic mass is 79.9. The van der Waals surface area contributed by atoms with Crippen molar-refractivity contribution in [2.24, 2.45) is 0 Å². The van der Waals surface area contributed by atoms with Gasteiger partial charge in [-0.05, 0) is 66.2 Å². The summed E-state index contributed by atoms with van der Waals surface area (Å²) in [5, 5.41) is 6.14. The fourth-order valence-corrected chi connectivity index (χ4v) is 4.48. The molecule has 0 saturated carbocycles. The zero-order valence-corrected chi connectivity index (χ0v) is 24.4. The molecule has 224 valence electrons. The number of halogens is 4. The van der Waals surface area contributed by atoms with Gasteiger partial charge in [0, 0.05) is 62.4 Å². The first-order chi connectivity index (χ1) is 19.9. The maximum atomic E-state index is 13.0. The molecule has 15 heteroatoms. The Morgan fingerprint density at radius 2 is 1.76 bits per heavy atom. The van der Waals surface area contributed by atoms with E-state index in [1.165, 1.54) is 0 Å². The van der Waals surface area contributed by atoms with Crippen molar-refractivity contribution < 1.29 is 27.5 Å². The Balaban J connectivity index is 1.32. The van der Waals surface area contributed by atoms with Crippen LogP contribution in [0.4, 0.5) is 36.3 Å². The maximum absolute atomic E-state index is 13.0. The van der Waals surface area contributed by atoms with E-state index in [2.05, 4.69) is 41.3 Å². The minimum atomic E-state index is -5.01. The molecule has 1 aromatic carbocycles. The molecule has 3 aromatic rings. The van der Waals surface area contributed by atoms with Gasteiger partial charge in [0.25, 0.3) is 11.5 Å². The third-order valence-electron chi connectivity index (χ3n) is 6.45. The van der Waals surface area contributed by atoms with E-state index in [1.807, 2.05) is 18.7 Å². The highest BCUT2D eigenvalue weighted by Crippen LogP contribution is 2.25. The zero-order valence-electron chi connectivity index (χ0n) is 22.8. The van der Waals surface area contributed by atoms with Gasteiger partial charge in [0.2, 0.25) is 5.95 Å². The van der Waals surface area contributed by atoms with Crippen LogP contribution in [-0.2, 0) is 9.53 Å². The van der Waals surface area contributed by atoms with E-state index < -0.39 is 12.1 Å². The Bertz CT molecular complexity index is 1470. The molecule has 2 N–H and O–H groups in total. The molecule has 3 heterocycles. The SMILES string of the molecule is CC(C)n1cccc(Nc2nc(Nc3ccc(C(=O)N4CCN(CCOC(=O)C(F)(F)F)CC4)cc3)ncc2Br)c1=O. The van der Waals surface area contributed by atoms with E-state index in [4.69, 9.17) is 0 Å². The summed E-state index contributed by atoms with van der Waals surface area (Å²) in [5.41, 5.74) is 1.29. The fraction of sp³-hybridized carbons (Fsp3) is 0.370. The molecule has 1 aliphatic rings. The highest BCUT2D eigenvalue weighted by molar-refractivity contribution is 9.10. The van der Waals surface area contributed by atoms with E-state index in [0.29, 0.717) is 53.4 Å². The molecule has 42 heavy (non-hydrogen) atoms. The lowest BCUT2D eigenvalue weighted by molar-refractivity contribution is -0.200. The summed E-state index contributed by atoms with van der Waals surface area (Å²) in [7, 11) is 0. The topological polar surface area (TPSA) is 122 Å². The van der Waals surface area contributed by atoms with Crippen LogP contribution in [0.1, 0.15) is 30.2 Å². The molecule has 0 spiro atoms. The van der Waals surface area contributed by atoms with Crippen LogP contribution in [0.5, 0.6) is 0 Å². The molecule has 2 aromatic heterocycles. The molecule has 1 fully saturated rings. The van der Waals surface area contributed by atoms with E-state index in [9.17, 15) is 27.6 Å². The number of esters is 1. The normalized spacial score (nSPS) is 14.1. The number of aromatic nitrogens is 3. The zero-order chi connectivity index (χ0) is 30.4. The second kappa shape index (κ2) is 13.3. The summed E-state index contributed by atoms with van der Waals surface area (Å²) in [4.78, 5) is 48.8. The molecular formula is C27H29BrF3N7O4. The highest BCUT2D eigenvalue weighted by Gasteiger charge is 2.40. The Kier molecular flexibility index (Phi) is 9.83. The number of hydrogen-bond acceptors (Lipinski definition) is 9. The van der Waals surface area contributed by atoms with Crippen molar-refractivity contribution in [2.75, 3.05) is 50.0 Å². The van der Waals surface area contributed by atoms with Crippen LogP contribution in [0.3, 0.4) is 0 Å². The van der Waals surface area contributed by atoms with Crippen molar-refractivity contribution >= 4 is 50.9 Å². The Labute approximate surface area is 247 Å². The minimum absolute atomic E-state index is 0.00230. The molecule has 1 saturated heterocycles. The molecule has 4 rings (SSSR count). The van der Waals surface area contributed by atoms with Crippen molar-refractivity contribution in [3.63, 3.8) is 0 Å². The van der Waals surface area contributed by atoms with Crippen molar-refractivity contribution in [1.29, 1.82) is 0 Å². The number of hydrogen-bond donors (Lipinski definition) is 2. The standard InChI is InChI=1S/C27H29BrF3N7O4/c1-17(2)38-9-3-4-21(24(38)40)34-22-20(28)16-32-26(35-22)33-19-7-5-18(6-8-19)23(39)37-12-10-36(11-13-37)14-15-42-25(41)27(29,30)31/h3-9,16-17H,10-15H2,1-2H3,(H2,32,33,34,35). The fourth-order valence-electron chi connectivity index (χ4n) is 4.19. The van der Waals surface area contributed by atoms with E-state index >= 15 is 0 Å². The van der Waals surface area contributed by atoms with Crippen molar-refractivity contribution in [3.8, 4) is 0 Å². The van der Waals surface area contributed by atoms with Crippen LogP contribution >= 0.6 is 15.9 Å². The number of benzene rings is 1. The van der Waals surface area contributed by atoms with Crippen LogP contribution in [0.25, 0.3) is 0 Å². The molecule has 0 unspecified atom stereocenters. The Hall–Kier alpha value is -3.98. The third-order valence-corrected chi connectivity index (χ3v) is 7.03. The van der Waals surface area contributed by atoms with Gasteiger partial charge in [-0.3, -0.25) is 14.5 Å². The molecule has 11 nitrogen and oxygen atoms in total. The lowest BCUT2D eigenvalue weighted by atomic mass is 10.1. The van der Waals surface area contributed by atoms with E-state index in [-0.39, 0.29) is 36.6 Å². The summed E-state index contributed by atoms with van der Waals surface area (Å²) in [6, 6.07) is 10.2. The first-order valence-electron chi connectivity index (χ1n) is 13.1. The van der Waals surface area contributed by atoms with Crippen molar-refractivity contribution in [1.82, 2.24) is 24.3 Å². The quantitative estimate of drug-likeness (QED) is 0.326. The van der Waals surface area contributed by atoms with Crippen molar-refractivity contribution in [2.45, 2.75) is 26.1 Å². The number of rotatable bonds is 9. The van der Waals surface area contributed by atoms with E-state index in [1.54, 1.807) is 58.3 Å². The predicted molar refractivity (Wildman–Crippen MR) is 153 cm³/mol. The maximum Gasteiger partial charge on any atom is 0.490 e. The summed E-state index contributed by atoms with van der Waals surface area (Å²) >= 11 is 3.41. The summed E-state index contributed by atoms with van der Waals surface area (Å²) in [5.74, 6) is -1.71. The number of ether oxygens (including phenoxy) is 1. The third kappa shape index (κ3) is 7.85. The number of nitrogens with one attached hydrogen (secondary N) is 2. The van der Waals surface area contributed by atoms with Gasteiger partial charge in [-0.1, -0.05) is 0 Å². The van der Waals surface area contributed by atoms with Crippen LogP contribution < -0.4 is 16.2 Å². The van der Waals surface area contributed by atoms with Crippen LogP contribution in [0, 0.1) is 0 Å². The number of alkyl halides is 3. The number of nitrogens with zero attached hydrogens (tertiary/aromatic N) is 5. The first-order valence-corrected chi connectivity index (χ1v) is 13.8. The molecule has 0 aliphatic carbocycles. The minimum Gasteiger partial charge on any atom is -0.458 e. The van der Waals surface area contributed by atoms with Gasteiger partial charge in [0.1, 0.15) is 12.3 Å². The predicted octanol–water partition coefficient (Wildman–Crippen LogP) is 4.33. The number of carbonyl (C=O) groups excluding carboxylic acids is 2. The van der Waals surface area contributed by atoms with Gasteiger partial charge in [-0.2, -0.15) is 18.2 Å². The van der Waals surface area contributed by atoms with Crippen LogP contribution in [-0.4, -0.2) is 81.7 Å². The van der Waals surface area contributed by atoms with Gasteiger partial charge in [0.05, 0.1) is 4.47 Å². The van der Waals surface area contributed by atoms with Gasteiger partial charge < -0.3 is 24.8 Å². The van der Waals surface area contributed by atoms with Gasteiger partial charge in [-0.15, -0.1) is 0 Å². The lowest BCUT2D eigenvalue weighted by Gasteiger charge is -2.34. The van der Waals surface area contributed by atoms with Crippen LogP contribution in [0.15, 0.2) is 58.1 Å². The Morgan fingerprint density at radius 3 is 2.40 bits per heavy atom. The molecular weight excluding hydrogens is 623 g/mol. The molecule has 0 atom stereocenters. The number of anilines is 4. The molecule has 0 bridgehead atoms. The number of pyridine rings is 1. The monoisotopic (exact) mass is 651 g/mol. The summed E-state index contributed by atoms with van der Waals surface area (Å²) < 4.78 is 43.1. The van der Waals surface area contributed by atoms with Gasteiger partial charge in [0.15, 0.2) is 5.82 Å². The molecule has 1 amide bonds. The average molecular weight is 652 g/mol. The second-order valence-corrected chi connectivity index (χ2v) is 10.6. The molecule has 0 radical (unpaired) electrons. The first kappa shape index (κ1) is 31.0. The number of carbonyl (C=O) groups is 2. The van der Waals surface area contributed by atoms with Crippen molar-refractivity contribution in [3.05, 3.63) is 69.2 Å². The summed E-state index contributed by atoms with van der Waals surface area (Å²) in [6.45, 7) is 5.29. The van der Waals surface area contributed by atoms with Crippen LogP contribution in [0.2, 0.25) is 0 Å². The smallest absolute Gasteiger partial charge is 0.458 e. The second-order valence-electron chi connectivity index (χ2n) is 9.71. The number of piperazine rings is 1. The van der Waals surface area contributed by atoms with E-state index in [0.717, 1.165) is 0 Å². The lowest BCUT2D eigenvalue weighted by Crippen LogP contribution is -2.49. The summed E-state index contributed by atoms with van der Waals surface area (Å²) in [6.07, 6.45) is -1.73. The Morgan fingerprint density at radius 1 is 1.07 bits per heavy atom. The molecule has 1 aliphatic heterocycles. The van der Waals surface area contributed by atoms with Gasteiger partial charge in [-0.25, -0.2) is 9.78 Å². The van der Waals surface area contributed by atoms with Gasteiger partial charge >= 0.3 is 12.1 Å². The largest absolute Gasteiger partial charge is 0.490 e. The number of amides is 1.